The Balaban J connectivity index is 2.79. The van der Waals surface area contributed by atoms with Crippen molar-refractivity contribution in [3.63, 3.8) is 0 Å². The van der Waals surface area contributed by atoms with Gasteiger partial charge < -0.3 is 14.6 Å². The Hall–Kier alpha value is -0.120. The van der Waals surface area contributed by atoms with Crippen molar-refractivity contribution in [1.29, 1.82) is 0 Å². The molecular weight excluding hydrogens is 312 g/mol. The molecule has 1 rings (SSSR count). The molecule has 0 bridgehead atoms. The molecule has 1 saturated carbocycles. The quantitative estimate of drug-likeness (QED) is 0.520. The fourth-order valence-corrected chi connectivity index (χ4v) is 3.95. The van der Waals surface area contributed by atoms with Crippen LogP contribution in [0.15, 0.2) is 0 Å². The van der Waals surface area contributed by atoms with Crippen LogP contribution in [0.1, 0.15) is 107 Å². The number of hydrogen-bond donors (Lipinski definition) is 1. The van der Waals surface area contributed by atoms with Crippen molar-refractivity contribution in [2.24, 2.45) is 16.2 Å². The Kier molecular flexibility index (Phi) is 8.43. The first-order chi connectivity index (χ1) is 11.3. The first-order valence-electron chi connectivity index (χ1n) is 10.3. The first-order valence-corrected chi connectivity index (χ1v) is 10.3. The molecule has 3 nitrogen and oxygen atoms in total. The zero-order valence-corrected chi connectivity index (χ0v) is 18.2. The van der Waals surface area contributed by atoms with Crippen LogP contribution in [0.3, 0.4) is 0 Å². The molecule has 0 aromatic carbocycles. The zero-order chi connectivity index (χ0) is 19.3. The molecule has 3 atom stereocenters. The van der Waals surface area contributed by atoms with Crippen LogP contribution < -0.4 is 0 Å². The fraction of sp³-hybridized carbons (Fsp3) is 1.00. The average Bonchev–Trinajstić information content (AvgIpc) is 2.44. The summed E-state index contributed by atoms with van der Waals surface area (Å²) in [5.74, 6) is 0. The summed E-state index contributed by atoms with van der Waals surface area (Å²) >= 11 is 0. The molecule has 0 aromatic rings. The van der Waals surface area contributed by atoms with Gasteiger partial charge in [0.2, 0.25) is 0 Å². The van der Waals surface area contributed by atoms with Gasteiger partial charge in [-0.3, -0.25) is 0 Å². The van der Waals surface area contributed by atoms with Crippen molar-refractivity contribution in [1.82, 2.24) is 0 Å². The van der Waals surface area contributed by atoms with E-state index in [0.29, 0.717) is 0 Å². The number of aliphatic hydroxyl groups excluding tert-OH is 1. The molecule has 0 aliphatic heterocycles. The summed E-state index contributed by atoms with van der Waals surface area (Å²) in [5.41, 5.74) is -0.00510. The third-order valence-corrected chi connectivity index (χ3v) is 5.29. The van der Waals surface area contributed by atoms with E-state index in [1.54, 1.807) is 0 Å². The Labute approximate surface area is 156 Å². The summed E-state index contributed by atoms with van der Waals surface area (Å²) < 4.78 is 12.5. The summed E-state index contributed by atoms with van der Waals surface area (Å²) in [5, 5.41) is 10.9. The van der Waals surface area contributed by atoms with E-state index in [1.807, 2.05) is 0 Å². The second kappa shape index (κ2) is 9.19. The van der Waals surface area contributed by atoms with Crippen LogP contribution in [0.5, 0.6) is 0 Å². The van der Waals surface area contributed by atoms with Crippen LogP contribution in [-0.2, 0) is 9.47 Å². The summed E-state index contributed by atoms with van der Waals surface area (Å²) in [4.78, 5) is 0. The van der Waals surface area contributed by atoms with Gasteiger partial charge in [0.05, 0.1) is 6.10 Å². The predicted molar refractivity (Wildman–Crippen MR) is 105 cm³/mol. The lowest BCUT2D eigenvalue weighted by molar-refractivity contribution is -0.287. The lowest BCUT2D eigenvalue weighted by Crippen LogP contribution is -2.42. The van der Waals surface area contributed by atoms with Gasteiger partial charge in [0.15, 0.2) is 12.6 Å². The van der Waals surface area contributed by atoms with Crippen molar-refractivity contribution in [3.8, 4) is 0 Å². The molecule has 0 amide bonds. The zero-order valence-electron chi connectivity index (χ0n) is 18.2. The van der Waals surface area contributed by atoms with Crippen molar-refractivity contribution >= 4 is 0 Å². The summed E-state index contributed by atoms with van der Waals surface area (Å²) in [6.45, 7) is 17.5. The molecule has 3 unspecified atom stereocenters. The van der Waals surface area contributed by atoms with Gasteiger partial charge in [0, 0.05) is 11.8 Å². The van der Waals surface area contributed by atoms with Crippen LogP contribution in [0.2, 0.25) is 0 Å². The van der Waals surface area contributed by atoms with E-state index < -0.39 is 6.29 Å². The number of aliphatic hydroxyl groups is 1. The van der Waals surface area contributed by atoms with Gasteiger partial charge >= 0.3 is 0 Å². The van der Waals surface area contributed by atoms with Crippen molar-refractivity contribution in [3.05, 3.63) is 0 Å². The summed E-state index contributed by atoms with van der Waals surface area (Å²) in [6, 6.07) is 0. The lowest BCUT2D eigenvalue weighted by Gasteiger charge is -2.41. The predicted octanol–water partition coefficient (Wildman–Crippen LogP) is 6.29. The Morgan fingerprint density at radius 1 is 0.920 bits per heavy atom. The van der Waals surface area contributed by atoms with Crippen molar-refractivity contribution in [2.75, 3.05) is 0 Å². The molecule has 1 N–H and O–H groups in total. The molecule has 150 valence electrons. The highest BCUT2D eigenvalue weighted by Gasteiger charge is 2.38. The molecule has 0 radical (unpaired) electrons. The van der Waals surface area contributed by atoms with E-state index in [9.17, 15) is 5.11 Å². The highest BCUT2D eigenvalue weighted by Crippen LogP contribution is 2.40. The van der Waals surface area contributed by atoms with Crippen LogP contribution in [0.25, 0.3) is 0 Å². The molecule has 0 spiro atoms. The number of hydrogen-bond acceptors (Lipinski definition) is 3. The molecule has 0 saturated heterocycles. The van der Waals surface area contributed by atoms with Crippen molar-refractivity contribution < 1.29 is 14.6 Å². The van der Waals surface area contributed by atoms with E-state index in [0.717, 1.165) is 32.1 Å². The van der Waals surface area contributed by atoms with Crippen LogP contribution in [-0.4, -0.2) is 23.8 Å². The van der Waals surface area contributed by atoms with E-state index in [1.165, 1.54) is 19.3 Å². The van der Waals surface area contributed by atoms with Gasteiger partial charge in [0.25, 0.3) is 0 Å². The van der Waals surface area contributed by atoms with Gasteiger partial charge in [-0.15, -0.1) is 0 Å². The Bertz CT molecular complexity index is 374. The molecule has 0 aromatic heterocycles. The SMILES string of the molecule is CCC(C)(CC(C)(C)C)C(O)OC(CC(C)(C)C)OC1CCCCC1. The van der Waals surface area contributed by atoms with E-state index in [4.69, 9.17) is 9.47 Å². The second-order valence-electron chi connectivity index (χ2n) is 10.8. The maximum Gasteiger partial charge on any atom is 0.163 e. The molecular formula is C22H44O3. The topological polar surface area (TPSA) is 38.7 Å². The highest BCUT2D eigenvalue weighted by molar-refractivity contribution is 4.82. The number of ether oxygens (including phenoxy) is 2. The minimum absolute atomic E-state index is 0.103. The standard InChI is InChI=1S/C22H44O3/c1-9-22(8,16-21(5,6)7)19(23)25-18(15-20(2,3)4)24-17-13-11-10-12-14-17/h17-19,23H,9-16H2,1-8H3. The molecule has 1 aliphatic rings. The average molecular weight is 357 g/mol. The third-order valence-electron chi connectivity index (χ3n) is 5.29. The number of rotatable bonds is 8. The van der Waals surface area contributed by atoms with Crippen molar-refractivity contribution in [2.45, 2.75) is 125 Å². The molecule has 25 heavy (non-hydrogen) atoms. The highest BCUT2D eigenvalue weighted by atomic mass is 16.7. The molecule has 1 aliphatic carbocycles. The van der Waals surface area contributed by atoms with Gasteiger partial charge in [-0.2, -0.15) is 0 Å². The smallest absolute Gasteiger partial charge is 0.163 e. The van der Waals surface area contributed by atoms with E-state index >= 15 is 0 Å². The van der Waals surface area contributed by atoms with Gasteiger partial charge in [-0.05, 0) is 36.5 Å². The lowest BCUT2D eigenvalue weighted by atomic mass is 9.73. The van der Waals surface area contributed by atoms with Crippen LogP contribution in [0, 0.1) is 16.2 Å². The summed E-state index contributed by atoms with van der Waals surface area (Å²) in [6.07, 6.45) is 7.79. The first kappa shape index (κ1) is 22.9. The minimum atomic E-state index is -0.798. The van der Waals surface area contributed by atoms with Crippen LogP contribution >= 0.6 is 0 Å². The van der Waals surface area contributed by atoms with Gasteiger partial charge in [-0.1, -0.05) is 74.7 Å². The maximum absolute atomic E-state index is 10.9. The summed E-state index contributed by atoms with van der Waals surface area (Å²) in [7, 11) is 0. The van der Waals surface area contributed by atoms with Gasteiger partial charge in [0.1, 0.15) is 0 Å². The maximum atomic E-state index is 10.9. The second-order valence-corrected chi connectivity index (χ2v) is 10.8. The van der Waals surface area contributed by atoms with E-state index in [-0.39, 0.29) is 28.6 Å². The largest absolute Gasteiger partial charge is 0.367 e. The van der Waals surface area contributed by atoms with E-state index in [2.05, 4.69) is 55.4 Å². The third kappa shape index (κ3) is 8.88. The monoisotopic (exact) mass is 356 g/mol. The molecule has 1 fully saturated rings. The fourth-order valence-electron chi connectivity index (χ4n) is 3.95. The minimum Gasteiger partial charge on any atom is -0.367 e. The Morgan fingerprint density at radius 3 is 1.92 bits per heavy atom. The molecule has 3 heteroatoms. The van der Waals surface area contributed by atoms with Crippen LogP contribution in [0.4, 0.5) is 0 Å². The van der Waals surface area contributed by atoms with Gasteiger partial charge in [-0.25, -0.2) is 0 Å². The normalized spacial score (nSPS) is 22.4. The Morgan fingerprint density at radius 2 is 1.48 bits per heavy atom. The molecule has 0 heterocycles.